The second-order valence-electron chi connectivity index (χ2n) is 2.26. The molecule has 0 aromatic rings. The van der Waals surface area contributed by atoms with Crippen molar-refractivity contribution in [3.8, 4) is 6.07 Å². The molecule has 74 valence electrons. The fourth-order valence-electron chi connectivity index (χ4n) is 0.623. The van der Waals surface area contributed by atoms with Gasteiger partial charge in [0.05, 0.1) is 19.3 Å². The van der Waals surface area contributed by atoms with E-state index in [0.29, 0.717) is 13.2 Å². The van der Waals surface area contributed by atoms with E-state index in [1.807, 2.05) is 0 Å². The normalized spacial score (nSPS) is 11.8. The first-order valence-corrected chi connectivity index (χ1v) is 3.87. The van der Waals surface area contributed by atoms with E-state index in [1.165, 1.54) is 0 Å². The van der Waals surface area contributed by atoms with Crippen molar-refractivity contribution in [1.82, 2.24) is 0 Å². The molecule has 1 atom stereocenters. The maximum atomic E-state index is 10.7. The van der Waals surface area contributed by atoms with Gasteiger partial charge in [0.2, 0.25) is 0 Å². The third-order valence-electron chi connectivity index (χ3n) is 1.16. The van der Waals surface area contributed by atoms with Crippen molar-refractivity contribution < 1.29 is 19.0 Å². The Kier molecular flexibility index (Phi) is 6.88. The van der Waals surface area contributed by atoms with Gasteiger partial charge in [-0.25, -0.2) is 0 Å². The molecule has 0 aromatic carbocycles. The number of methoxy groups -OCH3 is 1. The Morgan fingerprint density at radius 1 is 1.54 bits per heavy atom. The van der Waals surface area contributed by atoms with Gasteiger partial charge >= 0.3 is 5.97 Å². The van der Waals surface area contributed by atoms with Gasteiger partial charge in [-0.2, -0.15) is 5.26 Å². The SMILES string of the molecule is COCCOC(C)OC(=O)CC#N. The molecule has 0 saturated carbocycles. The van der Waals surface area contributed by atoms with Crippen LogP contribution >= 0.6 is 0 Å². The topological polar surface area (TPSA) is 68.6 Å². The van der Waals surface area contributed by atoms with Gasteiger partial charge in [-0.3, -0.25) is 4.79 Å². The maximum absolute atomic E-state index is 10.7. The second kappa shape index (κ2) is 7.53. The number of hydrogen-bond acceptors (Lipinski definition) is 5. The fourth-order valence-corrected chi connectivity index (χ4v) is 0.623. The molecular formula is C8H13NO4. The number of ether oxygens (including phenoxy) is 3. The van der Waals surface area contributed by atoms with Crippen LogP contribution in [-0.4, -0.2) is 32.6 Å². The van der Waals surface area contributed by atoms with E-state index in [2.05, 4.69) is 0 Å². The predicted molar refractivity (Wildman–Crippen MR) is 43.6 cm³/mol. The van der Waals surface area contributed by atoms with Crippen molar-refractivity contribution >= 4 is 5.97 Å². The van der Waals surface area contributed by atoms with Crippen LogP contribution in [0.3, 0.4) is 0 Å². The summed E-state index contributed by atoms with van der Waals surface area (Å²) in [6.07, 6.45) is -0.881. The van der Waals surface area contributed by atoms with Crippen molar-refractivity contribution in [3.63, 3.8) is 0 Å². The van der Waals surface area contributed by atoms with Crippen LogP contribution < -0.4 is 0 Å². The molecule has 0 aliphatic heterocycles. The summed E-state index contributed by atoms with van der Waals surface area (Å²) in [5, 5.41) is 8.15. The van der Waals surface area contributed by atoms with Gasteiger partial charge < -0.3 is 14.2 Å². The Hall–Kier alpha value is -1.12. The second-order valence-corrected chi connectivity index (χ2v) is 2.26. The van der Waals surface area contributed by atoms with E-state index < -0.39 is 12.3 Å². The molecule has 0 aliphatic carbocycles. The summed E-state index contributed by atoms with van der Waals surface area (Å²) in [6, 6.07) is 1.69. The molecule has 0 bridgehead atoms. The lowest BCUT2D eigenvalue weighted by Crippen LogP contribution is -2.19. The number of nitrogens with zero attached hydrogens (tertiary/aromatic N) is 1. The lowest BCUT2D eigenvalue weighted by molar-refractivity contribution is -0.175. The van der Waals surface area contributed by atoms with E-state index in [1.54, 1.807) is 20.1 Å². The Balaban J connectivity index is 3.45. The number of rotatable bonds is 6. The van der Waals surface area contributed by atoms with Crippen LogP contribution in [0.1, 0.15) is 13.3 Å². The molecule has 5 nitrogen and oxygen atoms in total. The Morgan fingerprint density at radius 2 is 2.23 bits per heavy atom. The molecule has 0 aliphatic rings. The van der Waals surface area contributed by atoms with Crippen LogP contribution in [0, 0.1) is 11.3 Å². The molecule has 0 N–H and O–H groups in total. The van der Waals surface area contributed by atoms with Gasteiger partial charge in [-0.15, -0.1) is 0 Å². The first kappa shape index (κ1) is 11.9. The van der Waals surface area contributed by atoms with Crippen molar-refractivity contribution in [2.75, 3.05) is 20.3 Å². The Labute approximate surface area is 77.2 Å². The van der Waals surface area contributed by atoms with Gasteiger partial charge in [0.1, 0.15) is 6.42 Å². The van der Waals surface area contributed by atoms with Crippen molar-refractivity contribution in [2.24, 2.45) is 0 Å². The van der Waals surface area contributed by atoms with Crippen molar-refractivity contribution in [2.45, 2.75) is 19.6 Å². The fraction of sp³-hybridized carbons (Fsp3) is 0.750. The highest BCUT2D eigenvalue weighted by molar-refractivity contribution is 5.71. The van der Waals surface area contributed by atoms with Gasteiger partial charge in [0, 0.05) is 7.11 Å². The smallest absolute Gasteiger partial charge is 0.322 e. The zero-order valence-corrected chi connectivity index (χ0v) is 7.78. The first-order valence-electron chi connectivity index (χ1n) is 3.87. The third kappa shape index (κ3) is 7.25. The van der Waals surface area contributed by atoms with Gasteiger partial charge in [0.15, 0.2) is 6.29 Å². The lowest BCUT2D eigenvalue weighted by atomic mass is 10.5. The van der Waals surface area contributed by atoms with Crippen LogP contribution in [0.15, 0.2) is 0 Å². The average molecular weight is 187 g/mol. The highest BCUT2D eigenvalue weighted by atomic mass is 16.7. The Bertz CT molecular complexity index is 187. The van der Waals surface area contributed by atoms with E-state index in [9.17, 15) is 4.79 Å². The summed E-state index contributed by atoms with van der Waals surface area (Å²) < 4.78 is 14.4. The molecule has 1 unspecified atom stereocenters. The molecule has 5 heteroatoms. The summed E-state index contributed by atoms with van der Waals surface area (Å²) >= 11 is 0. The molecule has 0 aromatic heterocycles. The molecule has 0 radical (unpaired) electrons. The standard InChI is InChI=1S/C8H13NO4/c1-7(12-6-5-11-2)13-8(10)3-4-9/h7H,3,5-6H2,1-2H3. The molecule has 13 heavy (non-hydrogen) atoms. The zero-order valence-electron chi connectivity index (χ0n) is 7.78. The van der Waals surface area contributed by atoms with Gasteiger partial charge in [0.25, 0.3) is 0 Å². The lowest BCUT2D eigenvalue weighted by Gasteiger charge is -2.12. The molecule has 0 heterocycles. The van der Waals surface area contributed by atoms with E-state index in [0.717, 1.165) is 0 Å². The van der Waals surface area contributed by atoms with Gasteiger partial charge in [-0.1, -0.05) is 0 Å². The number of nitriles is 1. The number of hydrogen-bond donors (Lipinski definition) is 0. The number of carbonyl (C=O) groups excluding carboxylic acids is 1. The summed E-state index contributed by atoms with van der Waals surface area (Å²) in [6.45, 7) is 2.39. The third-order valence-corrected chi connectivity index (χ3v) is 1.16. The molecule has 0 spiro atoms. The predicted octanol–water partition coefficient (Wildman–Crippen LogP) is 0.452. The zero-order chi connectivity index (χ0) is 10.1. The minimum absolute atomic E-state index is 0.252. The molecule has 0 saturated heterocycles. The van der Waals surface area contributed by atoms with E-state index in [4.69, 9.17) is 19.5 Å². The minimum Gasteiger partial charge on any atom is -0.435 e. The van der Waals surface area contributed by atoms with E-state index >= 15 is 0 Å². The quantitative estimate of drug-likeness (QED) is 0.343. The minimum atomic E-state index is -0.629. The molecule has 0 amide bonds. The summed E-state index contributed by atoms with van der Waals surface area (Å²) in [7, 11) is 1.55. The van der Waals surface area contributed by atoms with Crippen LogP contribution in [0.5, 0.6) is 0 Å². The first-order chi connectivity index (χ1) is 6.20. The van der Waals surface area contributed by atoms with E-state index in [-0.39, 0.29) is 6.42 Å². The van der Waals surface area contributed by atoms with Crippen LogP contribution in [0.2, 0.25) is 0 Å². The highest BCUT2D eigenvalue weighted by Crippen LogP contribution is 1.95. The molecule has 0 fully saturated rings. The number of esters is 1. The van der Waals surface area contributed by atoms with Crippen molar-refractivity contribution in [1.29, 1.82) is 5.26 Å². The van der Waals surface area contributed by atoms with Crippen molar-refractivity contribution in [3.05, 3.63) is 0 Å². The van der Waals surface area contributed by atoms with Crippen LogP contribution in [0.4, 0.5) is 0 Å². The van der Waals surface area contributed by atoms with Crippen LogP contribution in [0.25, 0.3) is 0 Å². The largest absolute Gasteiger partial charge is 0.435 e. The average Bonchev–Trinajstić information content (AvgIpc) is 2.05. The summed E-state index contributed by atoms with van der Waals surface area (Å²) in [5.41, 5.74) is 0. The monoisotopic (exact) mass is 187 g/mol. The Morgan fingerprint density at radius 3 is 2.77 bits per heavy atom. The maximum Gasteiger partial charge on any atom is 0.322 e. The molecule has 0 rings (SSSR count). The van der Waals surface area contributed by atoms with Gasteiger partial charge in [-0.05, 0) is 6.92 Å². The van der Waals surface area contributed by atoms with Crippen LogP contribution in [-0.2, 0) is 19.0 Å². The number of carbonyl (C=O) groups is 1. The summed E-state index contributed by atoms with van der Waals surface area (Å²) in [5.74, 6) is -0.576. The summed E-state index contributed by atoms with van der Waals surface area (Å²) in [4.78, 5) is 10.7. The highest BCUT2D eigenvalue weighted by Gasteiger charge is 2.08. The molecular weight excluding hydrogens is 174 g/mol.